The van der Waals surface area contributed by atoms with Gasteiger partial charge >= 0.3 is 0 Å². The van der Waals surface area contributed by atoms with Crippen molar-refractivity contribution in [3.8, 4) is 11.8 Å². The van der Waals surface area contributed by atoms with Crippen LogP contribution in [0.5, 0.6) is 0 Å². The van der Waals surface area contributed by atoms with Crippen molar-refractivity contribution < 1.29 is 9.90 Å². The maximum Gasteiger partial charge on any atom is 0.269 e. The SMILES string of the molecule is Cn1cncc1C(=O)NCc1cccc(C#CCO)c1. The fourth-order valence-corrected chi connectivity index (χ4v) is 1.75. The summed E-state index contributed by atoms with van der Waals surface area (Å²) in [4.78, 5) is 15.8. The van der Waals surface area contributed by atoms with E-state index < -0.39 is 0 Å². The lowest BCUT2D eigenvalue weighted by molar-refractivity contribution is 0.0942. The Hall–Kier alpha value is -2.58. The number of hydrogen-bond donors (Lipinski definition) is 2. The molecule has 20 heavy (non-hydrogen) atoms. The van der Waals surface area contributed by atoms with E-state index in [9.17, 15) is 4.79 Å². The summed E-state index contributed by atoms with van der Waals surface area (Å²) < 4.78 is 1.67. The van der Waals surface area contributed by atoms with Gasteiger partial charge in [-0.25, -0.2) is 4.98 Å². The molecule has 0 unspecified atom stereocenters. The highest BCUT2D eigenvalue weighted by Gasteiger charge is 2.08. The first-order chi connectivity index (χ1) is 9.70. The molecular formula is C15H15N3O2. The molecule has 1 heterocycles. The van der Waals surface area contributed by atoms with Crippen molar-refractivity contribution in [3.05, 3.63) is 53.6 Å². The maximum atomic E-state index is 11.9. The number of imidazole rings is 1. The van der Waals surface area contributed by atoms with E-state index in [0.29, 0.717) is 12.2 Å². The van der Waals surface area contributed by atoms with Crippen LogP contribution < -0.4 is 5.32 Å². The summed E-state index contributed by atoms with van der Waals surface area (Å²) in [6, 6.07) is 7.52. The number of hydrogen-bond acceptors (Lipinski definition) is 3. The van der Waals surface area contributed by atoms with Crippen molar-refractivity contribution in [2.24, 2.45) is 7.05 Å². The molecule has 0 bridgehead atoms. The second-order valence-electron chi connectivity index (χ2n) is 4.23. The topological polar surface area (TPSA) is 67.2 Å². The molecule has 1 aromatic carbocycles. The smallest absolute Gasteiger partial charge is 0.269 e. The van der Waals surface area contributed by atoms with E-state index in [2.05, 4.69) is 22.1 Å². The molecule has 5 heteroatoms. The van der Waals surface area contributed by atoms with Gasteiger partial charge in [-0.1, -0.05) is 24.0 Å². The molecule has 0 saturated heterocycles. The lowest BCUT2D eigenvalue weighted by atomic mass is 10.1. The van der Waals surface area contributed by atoms with Gasteiger partial charge in [0.05, 0.1) is 12.5 Å². The molecule has 0 aliphatic heterocycles. The van der Waals surface area contributed by atoms with Gasteiger partial charge in [0.25, 0.3) is 5.91 Å². The zero-order valence-electron chi connectivity index (χ0n) is 11.1. The van der Waals surface area contributed by atoms with E-state index in [1.54, 1.807) is 17.9 Å². The first-order valence-corrected chi connectivity index (χ1v) is 6.14. The van der Waals surface area contributed by atoms with Crippen LogP contribution >= 0.6 is 0 Å². The minimum atomic E-state index is -0.170. The summed E-state index contributed by atoms with van der Waals surface area (Å²) in [5.41, 5.74) is 2.28. The van der Waals surface area contributed by atoms with Crippen LogP contribution in [0.2, 0.25) is 0 Å². The second-order valence-corrected chi connectivity index (χ2v) is 4.23. The number of carbonyl (C=O) groups excluding carboxylic acids is 1. The lowest BCUT2D eigenvalue weighted by Gasteiger charge is -2.06. The van der Waals surface area contributed by atoms with E-state index in [0.717, 1.165) is 11.1 Å². The molecule has 2 aromatic rings. The predicted octanol–water partition coefficient (Wildman–Crippen LogP) is 0.694. The van der Waals surface area contributed by atoms with E-state index in [1.807, 2.05) is 24.3 Å². The average Bonchev–Trinajstić information content (AvgIpc) is 2.89. The van der Waals surface area contributed by atoms with Crippen LogP contribution in [0.1, 0.15) is 21.6 Å². The fourth-order valence-electron chi connectivity index (χ4n) is 1.75. The molecule has 0 spiro atoms. The molecule has 0 fully saturated rings. The van der Waals surface area contributed by atoms with Gasteiger partial charge in [0.2, 0.25) is 0 Å². The number of aliphatic hydroxyl groups excluding tert-OH is 1. The molecule has 0 atom stereocenters. The molecule has 1 aromatic heterocycles. The minimum absolute atomic E-state index is 0.165. The van der Waals surface area contributed by atoms with Crippen LogP contribution in [0, 0.1) is 11.8 Å². The number of benzene rings is 1. The minimum Gasteiger partial charge on any atom is -0.384 e. The van der Waals surface area contributed by atoms with E-state index in [-0.39, 0.29) is 12.5 Å². The number of aromatic nitrogens is 2. The quantitative estimate of drug-likeness (QED) is 0.806. The molecule has 102 valence electrons. The molecule has 5 nitrogen and oxygen atoms in total. The Kier molecular flexibility index (Phi) is 4.53. The Labute approximate surface area is 117 Å². The molecule has 2 N–H and O–H groups in total. The van der Waals surface area contributed by atoms with Crippen LogP contribution in [0.4, 0.5) is 0 Å². The second kappa shape index (κ2) is 6.55. The Morgan fingerprint density at radius 2 is 2.35 bits per heavy atom. The van der Waals surface area contributed by atoms with E-state index in [4.69, 9.17) is 5.11 Å². The summed E-state index contributed by atoms with van der Waals surface area (Å²) in [7, 11) is 1.77. The standard InChI is InChI=1S/C15H15N3O2/c1-18-11-16-10-14(18)15(20)17-9-13-5-2-4-12(8-13)6-3-7-19/h2,4-5,8,10-11,19H,7,9H2,1H3,(H,17,20). The summed E-state index contributed by atoms with van der Waals surface area (Å²) >= 11 is 0. The van der Waals surface area contributed by atoms with Crippen molar-refractivity contribution in [1.82, 2.24) is 14.9 Å². The Morgan fingerprint density at radius 3 is 3.05 bits per heavy atom. The van der Waals surface area contributed by atoms with Crippen LogP contribution in [-0.2, 0) is 13.6 Å². The summed E-state index contributed by atoms with van der Waals surface area (Å²) in [5, 5.41) is 11.5. The van der Waals surface area contributed by atoms with Gasteiger partial charge in [-0.2, -0.15) is 0 Å². The van der Waals surface area contributed by atoms with E-state index >= 15 is 0 Å². The van der Waals surface area contributed by atoms with Gasteiger partial charge in [-0.05, 0) is 17.7 Å². The summed E-state index contributed by atoms with van der Waals surface area (Å²) in [6.07, 6.45) is 3.11. The molecule has 0 aliphatic carbocycles. The van der Waals surface area contributed by atoms with Gasteiger partial charge in [0.1, 0.15) is 12.3 Å². The molecule has 1 amide bonds. The molecule has 0 aliphatic rings. The van der Waals surface area contributed by atoms with Gasteiger partial charge < -0.3 is 15.0 Å². The average molecular weight is 269 g/mol. The first kappa shape index (κ1) is 13.8. The van der Waals surface area contributed by atoms with Gasteiger partial charge in [-0.15, -0.1) is 0 Å². The number of rotatable bonds is 3. The number of amides is 1. The van der Waals surface area contributed by atoms with E-state index in [1.165, 1.54) is 6.20 Å². The Balaban J connectivity index is 2.01. The number of carbonyl (C=O) groups is 1. The normalized spacial score (nSPS) is 9.70. The molecular weight excluding hydrogens is 254 g/mol. The summed E-state index contributed by atoms with van der Waals surface area (Å²) in [6.45, 7) is 0.250. The lowest BCUT2D eigenvalue weighted by Crippen LogP contribution is -2.24. The van der Waals surface area contributed by atoms with Gasteiger partial charge in [0.15, 0.2) is 0 Å². The highest BCUT2D eigenvalue weighted by molar-refractivity contribution is 5.92. The Morgan fingerprint density at radius 1 is 1.50 bits per heavy atom. The predicted molar refractivity (Wildman–Crippen MR) is 74.8 cm³/mol. The number of aryl methyl sites for hydroxylation is 1. The van der Waals surface area contributed by atoms with Crippen LogP contribution in [0.15, 0.2) is 36.8 Å². The van der Waals surface area contributed by atoms with Crippen LogP contribution in [0.3, 0.4) is 0 Å². The van der Waals surface area contributed by atoms with Crippen LogP contribution in [0.25, 0.3) is 0 Å². The third kappa shape index (κ3) is 3.46. The highest BCUT2D eigenvalue weighted by atomic mass is 16.2. The number of nitrogens with one attached hydrogen (secondary N) is 1. The van der Waals surface area contributed by atoms with Crippen molar-refractivity contribution in [3.63, 3.8) is 0 Å². The van der Waals surface area contributed by atoms with Crippen molar-refractivity contribution in [1.29, 1.82) is 0 Å². The summed E-state index contributed by atoms with van der Waals surface area (Å²) in [5.74, 6) is 5.26. The van der Waals surface area contributed by atoms with Crippen LogP contribution in [-0.4, -0.2) is 27.2 Å². The van der Waals surface area contributed by atoms with Crippen molar-refractivity contribution in [2.45, 2.75) is 6.54 Å². The molecule has 0 radical (unpaired) electrons. The first-order valence-electron chi connectivity index (χ1n) is 6.14. The molecule has 2 rings (SSSR count). The molecule has 0 saturated carbocycles. The number of nitrogens with zero attached hydrogens (tertiary/aromatic N) is 2. The number of aliphatic hydroxyl groups is 1. The van der Waals surface area contributed by atoms with Gasteiger partial charge in [0, 0.05) is 19.2 Å². The highest BCUT2D eigenvalue weighted by Crippen LogP contribution is 2.04. The zero-order valence-corrected chi connectivity index (χ0v) is 11.1. The largest absolute Gasteiger partial charge is 0.384 e. The third-order valence-electron chi connectivity index (χ3n) is 2.74. The van der Waals surface area contributed by atoms with Crippen molar-refractivity contribution in [2.75, 3.05) is 6.61 Å². The third-order valence-corrected chi connectivity index (χ3v) is 2.74. The monoisotopic (exact) mass is 269 g/mol. The Bertz CT molecular complexity index is 665. The van der Waals surface area contributed by atoms with Crippen molar-refractivity contribution >= 4 is 5.91 Å². The maximum absolute atomic E-state index is 11.9. The van der Waals surface area contributed by atoms with Gasteiger partial charge in [-0.3, -0.25) is 4.79 Å². The zero-order chi connectivity index (χ0) is 14.4. The fraction of sp³-hybridized carbons (Fsp3) is 0.200.